The van der Waals surface area contributed by atoms with Gasteiger partial charge in [0.15, 0.2) is 11.5 Å². The monoisotopic (exact) mass is 383 g/mol. The third-order valence-electron chi connectivity index (χ3n) is 4.05. The van der Waals surface area contributed by atoms with Crippen molar-refractivity contribution in [2.45, 2.75) is 13.5 Å². The van der Waals surface area contributed by atoms with Crippen LogP contribution in [0.2, 0.25) is 0 Å². The van der Waals surface area contributed by atoms with E-state index in [1.807, 2.05) is 24.3 Å². The second-order valence-corrected chi connectivity index (χ2v) is 6.49. The second-order valence-electron chi connectivity index (χ2n) is 5.65. The summed E-state index contributed by atoms with van der Waals surface area (Å²) in [6.45, 7) is 2.86. The maximum Gasteiger partial charge on any atom is 0.211 e. The van der Waals surface area contributed by atoms with Crippen molar-refractivity contribution in [3.63, 3.8) is 0 Å². The molecule has 1 aromatic heterocycles. The fraction of sp³-hybridized carbons (Fsp3) is 0.200. The zero-order chi connectivity index (χ0) is 19.2. The first-order chi connectivity index (χ1) is 13.2. The Morgan fingerprint density at radius 3 is 2.56 bits per heavy atom. The molecule has 0 atom stereocenters. The summed E-state index contributed by atoms with van der Waals surface area (Å²) in [6, 6.07) is 13.0. The Morgan fingerprint density at radius 2 is 1.89 bits per heavy atom. The summed E-state index contributed by atoms with van der Waals surface area (Å²) >= 11 is 1.54. The number of ether oxygens (including phenoxy) is 2. The van der Waals surface area contributed by atoms with Gasteiger partial charge in [-0.2, -0.15) is 5.10 Å². The first-order valence-corrected chi connectivity index (χ1v) is 9.31. The number of nitrogens with zero attached hydrogens (tertiary/aromatic N) is 3. The maximum absolute atomic E-state index is 9.65. The van der Waals surface area contributed by atoms with Gasteiger partial charge in [-0.05, 0) is 60.5 Å². The third-order valence-corrected chi connectivity index (χ3v) is 4.91. The van der Waals surface area contributed by atoms with E-state index in [9.17, 15) is 5.11 Å². The molecule has 3 rings (SSSR count). The molecule has 0 fully saturated rings. The van der Waals surface area contributed by atoms with Crippen LogP contribution in [0.3, 0.4) is 0 Å². The van der Waals surface area contributed by atoms with E-state index in [-0.39, 0.29) is 5.75 Å². The highest BCUT2D eigenvalue weighted by atomic mass is 32.1. The normalized spacial score (nSPS) is 11.9. The fourth-order valence-corrected chi connectivity index (χ4v) is 3.56. The average Bonchev–Trinajstić information content (AvgIpc) is 3.12. The number of rotatable bonds is 6. The number of benzene rings is 2. The van der Waals surface area contributed by atoms with Crippen LogP contribution in [0, 0.1) is 0 Å². The minimum Gasteiger partial charge on any atom is -0.504 e. The highest BCUT2D eigenvalue weighted by Crippen LogP contribution is 2.25. The van der Waals surface area contributed by atoms with Gasteiger partial charge in [-0.25, -0.2) is 0 Å². The molecule has 3 aromatic rings. The lowest BCUT2D eigenvalue weighted by atomic mass is 10.1. The molecule has 0 bridgehead atoms. The number of methoxy groups -OCH3 is 2. The molecule has 6 nitrogen and oxygen atoms in total. The van der Waals surface area contributed by atoms with Gasteiger partial charge in [-0.3, -0.25) is 0 Å². The summed E-state index contributed by atoms with van der Waals surface area (Å²) in [5, 5.41) is 20.3. The number of aromatic hydroxyl groups is 1. The van der Waals surface area contributed by atoms with E-state index < -0.39 is 0 Å². The Morgan fingerprint density at radius 1 is 1.11 bits per heavy atom. The zero-order valence-electron chi connectivity index (χ0n) is 15.4. The average molecular weight is 383 g/mol. The van der Waals surface area contributed by atoms with Crippen LogP contribution in [0.1, 0.15) is 12.5 Å². The molecule has 0 unspecified atom stereocenters. The number of aromatic nitrogens is 1. The van der Waals surface area contributed by atoms with Crippen molar-refractivity contribution in [2.24, 2.45) is 10.2 Å². The zero-order valence-corrected chi connectivity index (χ0v) is 16.2. The largest absolute Gasteiger partial charge is 0.504 e. The predicted octanol–water partition coefficient (Wildman–Crippen LogP) is 3.89. The first-order valence-electron chi connectivity index (χ1n) is 8.43. The maximum atomic E-state index is 9.65. The number of phenolic OH excluding ortho intramolecular Hbond substituents is 1. The molecule has 1 N–H and O–H groups in total. The molecule has 0 aliphatic heterocycles. The highest BCUT2D eigenvalue weighted by Gasteiger charge is 2.07. The third kappa shape index (κ3) is 4.20. The van der Waals surface area contributed by atoms with Gasteiger partial charge in [-0.1, -0.05) is 0 Å². The molecule has 0 spiro atoms. The highest BCUT2D eigenvalue weighted by molar-refractivity contribution is 7.07. The molecule has 2 aromatic carbocycles. The summed E-state index contributed by atoms with van der Waals surface area (Å²) in [7, 11) is 3.17. The van der Waals surface area contributed by atoms with E-state index in [0.29, 0.717) is 5.75 Å². The molecule has 0 radical (unpaired) electrons. The number of thiazole rings is 1. The van der Waals surface area contributed by atoms with Crippen LogP contribution in [0.15, 0.2) is 58.0 Å². The summed E-state index contributed by atoms with van der Waals surface area (Å²) in [4.78, 5) is 0.810. The van der Waals surface area contributed by atoms with Crippen LogP contribution < -0.4 is 14.3 Å². The lowest BCUT2D eigenvalue weighted by Gasteiger charge is -2.06. The number of hydrogen-bond acceptors (Lipinski definition) is 6. The molecular weight excluding hydrogens is 362 g/mol. The van der Waals surface area contributed by atoms with Crippen molar-refractivity contribution in [3.8, 4) is 28.5 Å². The Kier molecular flexibility index (Phi) is 5.93. The van der Waals surface area contributed by atoms with E-state index in [2.05, 4.69) is 27.1 Å². The summed E-state index contributed by atoms with van der Waals surface area (Å²) in [5.74, 6) is 1.33. The molecule has 0 amide bonds. The van der Waals surface area contributed by atoms with Gasteiger partial charge in [0.1, 0.15) is 5.75 Å². The lowest BCUT2D eigenvalue weighted by Crippen LogP contribution is -2.14. The number of hydrogen-bond donors (Lipinski definition) is 1. The standard InChI is InChI=1S/C20H21N3O3S/c1-4-23-17(15-6-8-16(25-2)9-7-15)13-27-20(23)22-21-12-14-5-10-18(24)19(11-14)26-3/h5-13,24H,4H2,1-3H3/b21-12-,22-20-. The Balaban J connectivity index is 1.89. The van der Waals surface area contributed by atoms with Crippen molar-refractivity contribution >= 4 is 17.6 Å². The molecule has 1 heterocycles. The molecular formula is C20H21N3O3S. The Labute approximate surface area is 161 Å². The van der Waals surface area contributed by atoms with Crippen molar-refractivity contribution < 1.29 is 14.6 Å². The van der Waals surface area contributed by atoms with E-state index in [0.717, 1.165) is 33.9 Å². The first kappa shape index (κ1) is 18.7. The van der Waals surface area contributed by atoms with Crippen molar-refractivity contribution in [3.05, 3.63) is 58.2 Å². The van der Waals surface area contributed by atoms with Crippen LogP contribution >= 0.6 is 11.3 Å². The molecule has 0 saturated carbocycles. The van der Waals surface area contributed by atoms with Gasteiger partial charge in [0, 0.05) is 11.9 Å². The van der Waals surface area contributed by atoms with Crippen LogP contribution in [-0.2, 0) is 6.54 Å². The second kappa shape index (κ2) is 8.55. The van der Waals surface area contributed by atoms with Crippen molar-refractivity contribution in [1.82, 2.24) is 4.57 Å². The van der Waals surface area contributed by atoms with Gasteiger partial charge in [0.25, 0.3) is 0 Å². The molecule has 0 aliphatic carbocycles. The smallest absolute Gasteiger partial charge is 0.211 e. The summed E-state index contributed by atoms with van der Waals surface area (Å²) in [6.07, 6.45) is 1.63. The minimum absolute atomic E-state index is 0.0952. The topological polar surface area (TPSA) is 68.3 Å². The Hall–Kier alpha value is -3.06. The van der Waals surface area contributed by atoms with Gasteiger partial charge in [0.2, 0.25) is 4.80 Å². The van der Waals surface area contributed by atoms with Gasteiger partial charge < -0.3 is 19.1 Å². The SMILES string of the molecule is CCn1c(-c2ccc(OC)cc2)cs/c1=N\N=C/c1ccc(O)c(OC)c1. The summed E-state index contributed by atoms with van der Waals surface area (Å²) in [5.41, 5.74) is 2.98. The Bertz CT molecular complexity index is 1000. The van der Waals surface area contributed by atoms with E-state index in [4.69, 9.17) is 9.47 Å². The van der Waals surface area contributed by atoms with Gasteiger partial charge in [-0.15, -0.1) is 16.4 Å². The molecule has 27 heavy (non-hydrogen) atoms. The van der Waals surface area contributed by atoms with E-state index >= 15 is 0 Å². The van der Waals surface area contributed by atoms with E-state index in [1.165, 1.54) is 18.4 Å². The fourth-order valence-electron chi connectivity index (χ4n) is 2.63. The molecule has 140 valence electrons. The van der Waals surface area contributed by atoms with Crippen LogP contribution in [0.4, 0.5) is 0 Å². The molecule has 0 aliphatic rings. The predicted molar refractivity (Wildman–Crippen MR) is 108 cm³/mol. The van der Waals surface area contributed by atoms with Gasteiger partial charge in [0.05, 0.1) is 26.1 Å². The number of phenols is 1. The molecule has 0 saturated heterocycles. The van der Waals surface area contributed by atoms with Crippen molar-refractivity contribution in [1.29, 1.82) is 0 Å². The molecule has 7 heteroatoms. The van der Waals surface area contributed by atoms with E-state index in [1.54, 1.807) is 31.5 Å². The van der Waals surface area contributed by atoms with Crippen LogP contribution in [0.25, 0.3) is 11.3 Å². The summed E-state index contributed by atoms with van der Waals surface area (Å²) < 4.78 is 12.4. The minimum atomic E-state index is 0.0952. The van der Waals surface area contributed by atoms with Crippen LogP contribution in [0.5, 0.6) is 17.2 Å². The van der Waals surface area contributed by atoms with Crippen molar-refractivity contribution in [2.75, 3.05) is 14.2 Å². The lowest BCUT2D eigenvalue weighted by molar-refractivity contribution is 0.373. The van der Waals surface area contributed by atoms with Gasteiger partial charge >= 0.3 is 0 Å². The quantitative estimate of drug-likeness (QED) is 0.519. The van der Waals surface area contributed by atoms with Crippen LogP contribution in [-0.4, -0.2) is 30.1 Å².